The standard InChI is InChI=1S/C14H22Cl2N2/c1-11(2)9-17-4-5-18(3)10-12-6-13(15)8-14(16)7-12/h6-8,11,17H,4-5,9-10H2,1-3H3. The lowest BCUT2D eigenvalue weighted by Crippen LogP contribution is -2.30. The lowest BCUT2D eigenvalue weighted by molar-refractivity contribution is 0.321. The Morgan fingerprint density at radius 1 is 1.17 bits per heavy atom. The third-order valence-electron chi connectivity index (χ3n) is 2.60. The molecule has 0 radical (unpaired) electrons. The van der Waals surface area contributed by atoms with Gasteiger partial charge in [0.2, 0.25) is 0 Å². The van der Waals surface area contributed by atoms with E-state index in [9.17, 15) is 0 Å². The first-order chi connectivity index (χ1) is 8.47. The summed E-state index contributed by atoms with van der Waals surface area (Å²) in [4.78, 5) is 2.26. The highest BCUT2D eigenvalue weighted by molar-refractivity contribution is 6.34. The summed E-state index contributed by atoms with van der Waals surface area (Å²) >= 11 is 12.0. The molecule has 0 unspecified atom stereocenters. The van der Waals surface area contributed by atoms with Crippen molar-refractivity contribution in [1.82, 2.24) is 10.2 Å². The van der Waals surface area contributed by atoms with E-state index < -0.39 is 0 Å². The van der Waals surface area contributed by atoms with E-state index in [1.807, 2.05) is 12.1 Å². The van der Waals surface area contributed by atoms with Gasteiger partial charge in [-0.2, -0.15) is 0 Å². The number of rotatable bonds is 7. The molecule has 0 aliphatic heterocycles. The van der Waals surface area contributed by atoms with Gasteiger partial charge < -0.3 is 10.2 Å². The summed E-state index contributed by atoms with van der Waals surface area (Å²) in [7, 11) is 2.10. The SMILES string of the molecule is CC(C)CNCCN(C)Cc1cc(Cl)cc(Cl)c1. The van der Waals surface area contributed by atoms with Crippen LogP contribution in [0.25, 0.3) is 0 Å². The highest BCUT2D eigenvalue weighted by atomic mass is 35.5. The molecule has 0 saturated heterocycles. The summed E-state index contributed by atoms with van der Waals surface area (Å²) in [6.07, 6.45) is 0. The highest BCUT2D eigenvalue weighted by Gasteiger charge is 2.03. The first-order valence-corrected chi connectivity index (χ1v) is 7.07. The van der Waals surface area contributed by atoms with Gasteiger partial charge in [-0.15, -0.1) is 0 Å². The molecule has 0 atom stereocenters. The van der Waals surface area contributed by atoms with Crippen molar-refractivity contribution in [3.63, 3.8) is 0 Å². The second-order valence-electron chi connectivity index (χ2n) is 5.11. The van der Waals surface area contributed by atoms with Crippen LogP contribution in [0.15, 0.2) is 18.2 Å². The van der Waals surface area contributed by atoms with Gasteiger partial charge in [0.15, 0.2) is 0 Å². The van der Waals surface area contributed by atoms with Gasteiger partial charge in [0.05, 0.1) is 0 Å². The fraction of sp³-hybridized carbons (Fsp3) is 0.571. The average molecular weight is 289 g/mol. The predicted molar refractivity (Wildman–Crippen MR) is 80.5 cm³/mol. The Bertz CT molecular complexity index is 347. The molecule has 0 aromatic heterocycles. The average Bonchev–Trinajstić information content (AvgIpc) is 2.22. The molecule has 1 aromatic rings. The van der Waals surface area contributed by atoms with Crippen LogP contribution in [-0.4, -0.2) is 31.6 Å². The normalized spacial score (nSPS) is 11.5. The lowest BCUT2D eigenvalue weighted by Gasteiger charge is -2.18. The van der Waals surface area contributed by atoms with Gasteiger partial charge in [0.25, 0.3) is 0 Å². The van der Waals surface area contributed by atoms with Crippen molar-refractivity contribution in [2.24, 2.45) is 5.92 Å². The molecule has 1 rings (SSSR count). The predicted octanol–water partition coefficient (Wildman–Crippen LogP) is 3.67. The van der Waals surface area contributed by atoms with Crippen LogP contribution in [0.1, 0.15) is 19.4 Å². The zero-order valence-electron chi connectivity index (χ0n) is 11.3. The molecular weight excluding hydrogens is 267 g/mol. The van der Waals surface area contributed by atoms with Gasteiger partial charge in [-0.05, 0) is 43.3 Å². The monoisotopic (exact) mass is 288 g/mol. The molecule has 1 aromatic carbocycles. The number of nitrogens with zero attached hydrogens (tertiary/aromatic N) is 1. The molecule has 0 heterocycles. The van der Waals surface area contributed by atoms with Crippen molar-refractivity contribution in [3.05, 3.63) is 33.8 Å². The zero-order chi connectivity index (χ0) is 13.5. The summed E-state index contributed by atoms with van der Waals surface area (Å²) in [5, 5.41) is 4.83. The smallest absolute Gasteiger partial charge is 0.0424 e. The Kier molecular flexibility index (Phi) is 7.02. The molecule has 0 bridgehead atoms. The molecule has 1 N–H and O–H groups in total. The second-order valence-corrected chi connectivity index (χ2v) is 5.99. The van der Waals surface area contributed by atoms with Gasteiger partial charge in [-0.3, -0.25) is 0 Å². The molecule has 2 nitrogen and oxygen atoms in total. The topological polar surface area (TPSA) is 15.3 Å². The van der Waals surface area contributed by atoms with Crippen molar-refractivity contribution in [1.29, 1.82) is 0 Å². The molecule has 18 heavy (non-hydrogen) atoms. The Hall–Kier alpha value is -0.280. The summed E-state index contributed by atoms with van der Waals surface area (Å²) in [5.41, 5.74) is 1.15. The van der Waals surface area contributed by atoms with Gasteiger partial charge >= 0.3 is 0 Å². The fourth-order valence-corrected chi connectivity index (χ4v) is 2.32. The Labute approximate surface area is 120 Å². The van der Waals surface area contributed by atoms with Crippen molar-refractivity contribution in [3.8, 4) is 0 Å². The van der Waals surface area contributed by atoms with E-state index in [-0.39, 0.29) is 0 Å². The van der Waals surface area contributed by atoms with E-state index in [4.69, 9.17) is 23.2 Å². The molecule has 0 fully saturated rings. The summed E-state index contributed by atoms with van der Waals surface area (Å²) in [6.45, 7) is 8.37. The van der Waals surface area contributed by atoms with Gasteiger partial charge in [0.1, 0.15) is 0 Å². The molecule has 0 aliphatic rings. The minimum atomic E-state index is 0.696. The van der Waals surface area contributed by atoms with Crippen LogP contribution in [0.4, 0.5) is 0 Å². The summed E-state index contributed by atoms with van der Waals surface area (Å²) < 4.78 is 0. The molecule has 0 saturated carbocycles. The van der Waals surface area contributed by atoms with Crippen LogP contribution < -0.4 is 5.32 Å². The van der Waals surface area contributed by atoms with Crippen LogP contribution in [0.3, 0.4) is 0 Å². The van der Waals surface area contributed by atoms with Crippen molar-refractivity contribution in [2.45, 2.75) is 20.4 Å². The van der Waals surface area contributed by atoms with E-state index in [1.165, 1.54) is 0 Å². The Morgan fingerprint density at radius 3 is 2.33 bits per heavy atom. The number of likely N-dealkylation sites (N-methyl/N-ethyl adjacent to an activating group) is 1. The third kappa shape index (κ3) is 6.60. The van der Waals surface area contributed by atoms with Crippen molar-refractivity contribution < 1.29 is 0 Å². The number of nitrogens with one attached hydrogen (secondary N) is 1. The van der Waals surface area contributed by atoms with Crippen LogP contribution >= 0.6 is 23.2 Å². The Balaban J connectivity index is 2.33. The van der Waals surface area contributed by atoms with E-state index in [1.54, 1.807) is 6.07 Å². The number of benzene rings is 1. The van der Waals surface area contributed by atoms with E-state index >= 15 is 0 Å². The number of hydrogen-bond donors (Lipinski definition) is 1. The molecule has 0 spiro atoms. The molecule has 102 valence electrons. The minimum Gasteiger partial charge on any atom is -0.315 e. The van der Waals surface area contributed by atoms with Gasteiger partial charge in [-0.25, -0.2) is 0 Å². The van der Waals surface area contributed by atoms with Crippen molar-refractivity contribution in [2.75, 3.05) is 26.7 Å². The van der Waals surface area contributed by atoms with E-state index in [2.05, 4.69) is 31.1 Å². The summed E-state index contributed by atoms with van der Waals surface area (Å²) in [6, 6.07) is 5.69. The zero-order valence-corrected chi connectivity index (χ0v) is 12.9. The van der Waals surface area contributed by atoms with Crippen molar-refractivity contribution >= 4 is 23.2 Å². The number of halogens is 2. The molecule has 0 amide bonds. The van der Waals surface area contributed by atoms with Gasteiger partial charge in [0, 0.05) is 29.7 Å². The van der Waals surface area contributed by atoms with E-state index in [0.29, 0.717) is 16.0 Å². The summed E-state index contributed by atoms with van der Waals surface area (Å²) in [5.74, 6) is 0.696. The third-order valence-corrected chi connectivity index (χ3v) is 3.03. The van der Waals surface area contributed by atoms with Crippen LogP contribution in [0.5, 0.6) is 0 Å². The quantitative estimate of drug-likeness (QED) is 0.770. The minimum absolute atomic E-state index is 0.696. The fourth-order valence-electron chi connectivity index (χ4n) is 1.75. The first-order valence-electron chi connectivity index (χ1n) is 6.31. The van der Waals surface area contributed by atoms with Gasteiger partial charge in [-0.1, -0.05) is 37.0 Å². The first kappa shape index (κ1) is 15.8. The maximum atomic E-state index is 5.98. The van der Waals surface area contributed by atoms with Crippen LogP contribution in [0, 0.1) is 5.92 Å². The number of hydrogen-bond acceptors (Lipinski definition) is 2. The van der Waals surface area contributed by atoms with Crippen LogP contribution in [0.2, 0.25) is 10.0 Å². The maximum absolute atomic E-state index is 5.98. The highest BCUT2D eigenvalue weighted by Crippen LogP contribution is 2.19. The van der Waals surface area contributed by atoms with E-state index in [0.717, 1.165) is 31.7 Å². The van der Waals surface area contributed by atoms with Crippen LogP contribution in [-0.2, 0) is 6.54 Å². The molecule has 4 heteroatoms. The maximum Gasteiger partial charge on any atom is 0.0424 e. The Morgan fingerprint density at radius 2 is 1.78 bits per heavy atom. The second kappa shape index (κ2) is 8.00. The molecule has 0 aliphatic carbocycles. The largest absolute Gasteiger partial charge is 0.315 e. The lowest BCUT2D eigenvalue weighted by atomic mass is 10.2. The molecular formula is C14H22Cl2N2.